The molecule has 17 heavy (non-hydrogen) atoms. The normalized spacial score (nSPS) is 18.7. The predicted molar refractivity (Wildman–Crippen MR) is 72.7 cm³/mol. The van der Waals surface area contributed by atoms with Gasteiger partial charge in [0.1, 0.15) is 0 Å². The molecular weight excluding hydrogens is 278 g/mol. The van der Waals surface area contributed by atoms with E-state index < -0.39 is 0 Å². The first-order chi connectivity index (χ1) is 8.19. The van der Waals surface area contributed by atoms with Gasteiger partial charge in [0.2, 0.25) is 6.41 Å². The van der Waals surface area contributed by atoms with Crippen LogP contribution in [0.1, 0.15) is 37.7 Å². The van der Waals surface area contributed by atoms with Gasteiger partial charge in [-0.1, -0.05) is 47.3 Å². The molecule has 2 nitrogen and oxygen atoms in total. The molecule has 1 amide bonds. The van der Waals surface area contributed by atoms with Crippen molar-refractivity contribution in [2.24, 2.45) is 0 Å². The number of benzene rings is 1. The highest BCUT2D eigenvalue weighted by Gasteiger charge is 2.37. The fraction of sp³-hybridized carbons (Fsp3) is 0.500. The number of hydrogen-bond donors (Lipinski definition) is 0. The molecule has 0 atom stereocenters. The van der Waals surface area contributed by atoms with Crippen molar-refractivity contribution in [1.82, 2.24) is 4.90 Å². The quantitative estimate of drug-likeness (QED) is 0.779. The summed E-state index contributed by atoms with van der Waals surface area (Å²) < 4.78 is 1.08. The summed E-state index contributed by atoms with van der Waals surface area (Å²) in [7, 11) is 1.90. The summed E-state index contributed by atoms with van der Waals surface area (Å²) in [4.78, 5) is 13.0. The third kappa shape index (κ3) is 2.39. The van der Waals surface area contributed by atoms with E-state index in [0.717, 1.165) is 23.7 Å². The Morgan fingerprint density at radius 3 is 2.29 bits per heavy atom. The third-order valence-electron chi connectivity index (χ3n) is 3.90. The van der Waals surface area contributed by atoms with E-state index in [4.69, 9.17) is 0 Å². The van der Waals surface area contributed by atoms with Gasteiger partial charge in [0.25, 0.3) is 0 Å². The van der Waals surface area contributed by atoms with Crippen LogP contribution >= 0.6 is 15.9 Å². The average molecular weight is 296 g/mol. The lowest BCUT2D eigenvalue weighted by Crippen LogP contribution is -2.44. The van der Waals surface area contributed by atoms with Gasteiger partial charge in [0.05, 0.1) is 5.54 Å². The minimum atomic E-state index is -0.0826. The summed E-state index contributed by atoms with van der Waals surface area (Å²) in [5.74, 6) is 0. The van der Waals surface area contributed by atoms with Gasteiger partial charge in [-0.2, -0.15) is 0 Å². The molecule has 92 valence electrons. The molecule has 2 rings (SSSR count). The SMILES string of the molecule is CN(C=O)C1(c2ccc(Br)cc2)CCCCC1. The molecule has 0 heterocycles. The van der Waals surface area contributed by atoms with E-state index in [1.807, 2.05) is 11.9 Å². The Hall–Kier alpha value is -0.830. The van der Waals surface area contributed by atoms with Gasteiger partial charge in [0, 0.05) is 11.5 Å². The van der Waals surface area contributed by atoms with Crippen LogP contribution < -0.4 is 0 Å². The van der Waals surface area contributed by atoms with Crippen molar-refractivity contribution < 1.29 is 4.79 Å². The van der Waals surface area contributed by atoms with E-state index in [0.29, 0.717) is 0 Å². The Kier molecular flexibility index (Phi) is 3.87. The van der Waals surface area contributed by atoms with Gasteiger partial charge in [-0.3, -0.25) is 4.79 Å². The number of rotatable bonds is 3. The van der Waals surface area contributed by atoms with Crippen LogP contribution in [0.5, 0.6) is 0 Å². The van der Waals surface area contributed by atoms with Gasteiger partial charge >= 0.3 is 0 Å². The first-order valence-electron chi connectivity index (χ1n) is 6.13. The van der Waals surface area contributed by atoms with Gasteiger partial charge in [-0.05, 0) is 30.5 Å². The average Bonchev–Trinajstić information content (AvgIpc) is 2.39. The second-order valence-corrected chi connectivity index (χ2v) is 5.73. The molecule has 0 aliphatic heterocycles. The fourth-order valence-electron chi connectivity index (χ4n) is 2.84. The molecule has 1 aliphatic rings. The Morgan fingerprint density at radius 1 is 1.18 bits per heavy atom. The van der Waals surface area contributed by atoms with E-state index in [-0.39, 0.29) is 5.54 Å². The summed E-state index contributed by atoms with van der Waals surface area (Å²) in [6, 6.07) is 8.39. The molecule has 3 heteroatoms. The fourth-order valence-corrected chi connectivity index (χ4v) is 3.11. The topological polar surface area (TPSA) is 20.3 Å². The smallest absolute Gasteiger partial charge is 0.210 e. The molecule has 0 spiro atoms. The Balaban J connectivity index is 2.38. The molecule has 1 saturated carbocycles. The summed E-state index contributed by atoms with van der Waals surface area (Å²) in [6.45, 7) is 0. The highest BCUT2D eigenvalue weighted by Crippen LogP contribution is 2.41. The number of halogens is 1. The Labute approximate surface area is 111 Å². The van der Waals surface area contributed by atoms with Gasteiger partial charge in [-0.25, -0.2) is 0 Å². The van der Waals surface area contributed by atoms with Crippen LogP contribution in [0.15, 0.2) is 28.7 Å². The highest BCUT2D eigenvalue weighted by atomic mass is 79.9. The molecule has 0 N–H and O–H groups in total. The molecule has 0 saturated heterocycles. The molecule has 1 aliphatic carbocycles. The summed E-state index contributed by atoms with van der Waals surface area (Å²) in [5.41, 5.74) is 1.18. The van der Waals surface area contributed by atoms with Crippen molar-refractivity contribution in [2.75, 3.05) is 7.05 Å². The van der Waals surface area contributed by atoms with Crippen molar-refractivity contribution in [3.63, 3.8) is 0 Å². The minimum absolute atomic E-state index is 0.0826. The zero-order valence-electron chi connectivity index (χ0n) is 10.2. The van der Waals surface area contributed by atoms with Crippen molar-refractivity contribution >= 4 is 22.3 Å². The van der Waals surface area contributed by atoms with Crippen LogP contribution in [0.4, 0.5) is 0 Å². The number of nitrogens with zero attached hydrogens (tertiary/aromatic N) is 1. The van der Waals surface area contributed by atoms with Crippen LogP contribution in [0.2, 0.25) is 0 Å². The Morgan fingerprint density at radius 2 is 1.76 bits per heavy atom. The van der Waals surface area contributed by atoms with Crippen LogP contribution in [0, 0.1) is 0 Å². The van der Waals surface area contributed by atoms with Gasteiger partial charge < -0.3 is 4.90 Å². The monoisotopic (exact) mass is 295 g/mol. The number of carbonyl (C=O) groups is 1. The molecule has 0 bridgehead atoms. The van der Waals surface area contributed by atoms with E-state index >= 15 is 0 Å². The molecule has 1 aromatic carbocycles. The summed E-state index contributed by atoms with van der Waals surface area (Å²) in [5, 5.41) is 0. The zero-order chi connectivity index (χ0) is 12.3. The second-order valence-electron chi connectivity index (χ2n) is 4.82. The molecule has 1 aromatic rings. The number of hydrogen-bond acceptors (Lipinski definition) is 1. The van der Waals surface area contributed by atoms with E-state index in [1.54, 1.807) is 0 Å². The van der Waals surface area contributed by atoms with Crippen molar-refractivity contribution in [3.8, 4) is 0 Å². The zero-order valence-corrected chi connectivity index (χ0v) is 11.7. The molecule has 0 unspecified atom stereocenters. The van der Waals surface area contributed by atoms with E-state index in [9.17, 15) is 4.79 Å². The molecule has 1 fully saturated rings. The lowest BCUT2D eigenvalue weighted by molar-refractivity contribution is -0.123. The first kappa shape index (κ1) is 12.6. The maximum absolute atomic E-state index is 11.2. The second kappa shape index (κ2) is 5.21. The summed E-state index contributed by atoms with van der Waals surface area (Å²) >= 11 is 3.46. The largest absolute Gasteiger partial charge is 0.339 e. The van der Waals surface area contributed by atoms with E-state index in [1.165, 1.54) is 24.8 Å². The predicted octanol–water partition coefficient (Wildman–Crippen LogP) is 3.70. The van der Waals surface area contributed by atoms with Crippen LogP contribution in [-0.4, -0.2) is 18.4 Å². The number of amides is 1. The van der Waals surface area contributed by atoms with Crippen molar-refractivity contribution in [1.29, 1.82) is 0 Å². The van der Waals surface area contributed by atoms with Gasteiger partial charge in [-0.15, -0.1) is 0 Å². The van der Waals surface area contributed by atoms with Crippen molar-refractivity contribution in [2.45, 2.75) is 37.6 Å². The van der Waals surface area contributed by atoms with Crippen LogP contribution in [0.25, 0.3) is 0 Å². The summed E-state index contributed by atoms with van der Waals surface area (Å²) in [6.07, 6.45) is 6.80. The lowest BCUT2D eigenvalue weighted by Gasteiger charge is -2.43. The highest BCUT2D eigenvalue weighted by molar-refractivity contribution is 9.10. The Bertz CT molecular complexity index is 382. The van der Waals surface area contributed by atoms with E-state index in [2.05, 4.69) is 40.2 Å². The van der Waals surface area contributed by atoms with Crippen molar-refractivity contribution in [3.05, 3.63) is 34.3 Å². The number of carbonyl (C=O) groups excluding carboxylic acids is 1. The molecule has 0 radical (unpaired) electrons. The lowest BCUT2D eigenvalue weighted by atomic mass is 9.76. The molecule has 0 aromatic heterocycles. The standard InChI is InChI=1S/C14H18BrNO/c1-16(11-17)14(9-3-2-4-10-14)12-5-7-13(15)8-6-12/h5-8,11H,2-4,9-10H2,1H3. The minimum Gasteiger partial charge on any atom is -0.339 e. The molecular formula is C14H18BrNO. The first-order valence-corrected chi connectivity index (χ1v) is 6.93. The third-order valence-corrected chi connectivity index (χ3v) is 4.42. The maximum Gasteiger partial charge on any atom is 0.210 e. The van der Waals surface area contributed by atoms with Crippen LogP contribution in [0.3, 0.4) is 0 Å². The van der Waals surface area contributed by atoms with Crippen LogP contribution in [-0.2, 0) is 10.3 Å². The maximum atomic E-state index is 11.2. The van der Waals surface area contributed by atoms with Gasteiger partial charge in [0.15, 0.2) is 0 Å².